The second kappa shape index (κ2) is 9.41. The number of aromatic amines is 1. The van der Waals surface area contributed by atoms with Crippen LogP contribution >= 0.6 is 11.3 Å². The summed E-state index contributed by atoms with van der Waals surface area (Å²) in [6.07, 6.45) is 1.56. The molecule has 0 bridgehead atoms. The lowest BCUT2D eigenvalue weighted by molar-refractivity contribution is -0.140. The highest BCUT2D eigenvalue weighted by Gasteiger charge is 2.29. The number of carboxylic acids is 1. The molecule has 0 aliphatic carbocycles. The van der Waals surface area contributed by atoms with Gasteiger partial charge in [0.25, 0.3) is 0 Å². The van der Waals surface area contributed by atoms with E-state index in [4.69, 9.17) is 0 Å². The Balaban J connectivity index is 1.54. The van der Waals surface area contributed by atoms with Gasteiger partial charge in [-0.3, -0.25) is 4.79 Å². The van der Waals surface area contributed by atoms with E-state index in [0.717, 1.165) is 11.3 Å². The van der Waals surface area contributed by atoms with E-state index in [1.54, 1.807) is 25.3 Å². The van der Waals surface area contributed by atoms with Crippen molar-refractivity contribution in [3.63, 3.8) is 0 Å². The minimum absolute atomic E-state index is 0.0256. The van der Waals surface area contributed by atoms with Crippen LogP contribution in [0.3, 0.4) is 0 Å². The molecule has 0 saturated carbocycles. The minimum Gasteiger partial charge on any atom is -0.481 e. The van der Waals surface area contributed by atoms with Crippen LogP contribution in [0.2, 0.25) is 0 Å². The number of aliphatic carboxylic acids is 1. The van der Waals surface area contributed by atoms with E-state index in [1.807, 2.05) is 0 Å². The molecular formula is C25H19F2NO4S2. The monoisotopic (exact) mass is 499 g/mol. The Labute approximate surface area is 199 Å². The third-order valence-corrected chi connectivity index (χ3v) is 8.74. The van der Waals surface area contributed by atoms with E-state index < -0.39 is 27.5 Å². The van der Waals surface area contributed by atoms with Gasteiger partial charge in [0.15, 0.2) is 9.84 Å². The Bertz CT molecular complexity index is 1540. The first-order valence-electron chi connectivity index (χ1n) is 10.2. The van der Waals surface area contributed by atoms with E-state index in [2.05, 4.69) is 16.8 Å². The average molecular weight is 500 g/mol. The molecule has 0 saturated heterocycles. The number of rotatable bonds is 6. The first kappa shape index (κ1) is 23.7. The zero-order valence-electron chi connectivity index (χ0n) is 17.9. The minimum atomic E-state index is -3.89. The van der Waals surface area contributed by atoms with Gasteiger partial charge < -0.3 is 10.1 Å². The van der Waals surface area contributed by atoms with Gasteiger partial charge in [-0.15, -0.1) is 11.3 Å². The van der Waals surface area contributed by atoms with Gasteiger partial charge in [-0.1, -0.05) is 11.8 Å². The van der Waals surface area contributed by atoms with Crippen LogP contribution in [0, 0.1) is 36.3 Å². The van der Waals surface area contributed by atoms with Crippen LogP contribution in [-0.4, -0.2) is 30.2 Å². The van der Waals surface area contributed by atoms with Gasteiger partial charge in [0, 0.05) is 22.7 Å². The lowest BCUT2D eigenvalue weighted by atomic mass is 10.00. The average Bonchev–Trinajstić information content (AvgIpc) is 3.41. The third kappa shape index (κ3) is 5.19. The summed E-state index contributed by atoms with van der Waals surface area (Å²) in [5.74, 6) is 1.93. The number of halogens is 2. The summed E-state index contributed by atoms with van der Waals surface area (Å²) in [5.41, 5.74) is 2.13. The molecule has 0 fully saturated rings. The number of aromatic nitrogens is 1. The van der Waals surface area contributed by atoms with Crippen LogP contribution in [0.1, 0.15) is 21.6 Å². The third-order valence-electron chi connectivity index (χ3n) is 5.34. The molecule has 0 aliphatic heterocycles. The number of carboxylic acid groups (broad SMARTS) is 1. The van der Waals surface area contributed by atoms with Crippen molar-refractivity contribution in [3.8, 4) is 11.8 Å². The smallest absolute Gasteiger partial charge is 0.307 e. The fourth-order valence-corrected chi connectivity index (χ4v) is 6.33. The number of nitrogens with one attached hydrogen (secondary N) is 1. The Morgan fingerprint density at radius 2 is 1.85 bits per heavy atom. The van der Waals surface area contributed by atoms with Gasteiger partial charge >= 0.3 is 5.97 Å². The first-order chi connectivity index (χ1) is 16.1. The van der Waals surface area contributed by atoms with Gasteiger partial charge in [-0.2, -0.15) is 0 Å². The molecule has 2 aromatic heterocycles. The van der Waals surface area contributed by atoms with Crippen LogP contribution in [0.15, 0.2) is 58.9 Å². The van der Waals surface area contributed by atoms with Crippen LogP contribution in [0.4, 0.5) is 8.78 Å². The van der Waals surface area contributed by atoms with Crippen molar-refractivity contribution < 1.29 is 27.1 Å². The highest BCUT2D eigenvalue weighted by Crippen LogP contribution is 2.28. The molecule has 174 valence electrons. The number of aryl methyl sites for hydroxylation is 1. The predicted octanol–water partition coefficient (Wildman–Crippen LogP) is 4.93. The van der Waals surface area contributed by atoms with E-state index in [9.17, 15) is 27.1 Å². The SMILES string of the molecule is Cc1cc2c(C[C@@H](CS(=O)(=O)c3ccc(C#Cc4ccc(F)cc4)s3)C(=O)O)c[nH]c2cc1F. The first-order valence-corrected chi connectivity index (χ1v) is 12.7. The number of hydrogen-bond acceptors (Lipinski definition) is 4. The predicted molar refractivity (Wildman–Crippen MR) is 127 cm³/mol. The Hall–Kier alpha value is -3.48. The van der Waals surface area contributed by atoms with Gasteiger partial charge in [-0.05, 0) is 73.0 Å². The maximum absolute atomic E-state index is 13.8. The summed E-state index contributed by atoms with van der Waals surface area (Å²) in [6, 6.07) is 11.5. The number of benzene rings is 2. The molecule has 9 heteroatoms. The molecule has 0 radical (unpaired) electrons. The molecule has 34 heavy (non-hydrogen) atoms. The van der Waals surface area contributed by atoms with Crippen LogP contribution in [0.25, 0.3) is 10.9 Å². The number of fused-ring (bicyclic) bond motifs is 1. The van der Waals surface area contributed by atoms with Crippen molar-refractivity contribution in [2.24, 2.45) is 5.92 Å². The van der Waals surface area contributed by atoms with E-state index in [-0.39, 0.29) is 22.3 Å². The number of H-pyrrole nitrogens is 1. The molecule has 2 N–H and O–H groups in total. The standard InChI is InChI=1S/C25H19F2NO4S2/c1-15-10-21-17(13-28-23(21)12-22(15)27)11-18(25(29)30)14-34(31,32)24-9-8-20(33-24)7-4-16-2-5-19(26)6-3-16/h2-3,5-6,8-10,12-13,18,28H,11,14H2,1H3,(H,29,30)/t18-/m0/s1. The Morgan fingerprint density at radius 3 is 2.56 bits per heavy atom. The fourth-order valence-electron chi connectivity index (χ4n) is 3.53. The number of carbonyl (C=O) groups is 1. The van der Waals surface area contributed by atoms with E-state index >= 15 is 0 Å². The molecule has 2 aromatic carbocycles. The van der Waals surface area contributed by atoms with Crippen molar-refractivity contribution in [3.05, 3.63) is 87.9 Å². The van der Waals surface area contributed by atoms with Crippen molar-refractivity contribution in [2.45, 2.75) is 17.6 Å². The highest BCUT2D eigenvalue weighted by atomic mass is 32.2. The fraction of sp³-hybridized carbons (Fsp3) is 0.160. The summed E-state index contributed by atoms with van der Waals surface area (Å²) in [6.45, 7) is 1.61. The summed E-state index contributed by atoms with van der Waals surface area (Å²) in [4.78, 5) is 15.3. The second-order valence-electron chi connectivity index (χ2n) is 7.86. The van der Waals surface area contributed by atoms with Gasteiger partial charge in [0.05, 0.1) is 16.5 Å². The molecule has 1 atom stereocenters. The van der Waals surface area contributed by atoms with Gasteiger partial charge in [0.1, 0.15) is 15.8 Å². The quantitative estimate of drug-likeness (QED) is 0.368. The molecule has 0 spiro atoms. The molecule has 0 amide bonds. The Kier molecular flexibility index (Phi) is 6.55. The summed E-state index contributed by atoms with van der Waals surface area (Å²) in [7, 11) is -3.89. The molecule has 5 nitrogen and oxygen atoms in total. The maximum atomic E-state index is 13.8. The molecular weight excluding hydrogens is 480 g/mol. The second-order valence-corrected chi connectivity index (χ2v) is 11.2. The summed E-state index contributed by atoms with van der Waals surface area (Å²) in [5, 5.41) is 10.4. The molecule has 2 heterocycles. The summed E-state index contributed by atoms with van der Waals surface area (Å²) < 4.78 is 52.8. The lowest BCUT2D eigenvalue weighted by Gasteiger charge is -2.12. The highest BCUT2D eigenvalue weighted by molar-refractivity contribution is 7.93. The van der Waals surface area contributed by atoms with Crippen LogP contribution in [-0.2, 0) is 21.1 Å². The lowest BCUT2D eigenvalue weighted by Crippen LogP contribution is -2.25. The Morgan fingerprint density at radius 1 is 1.12 bits per heavy atom. The zero-order valence-corrected chi connectivity index (χ0v) is 19.6. The zero-order chi connectivity index (χ0) is 24.5. The number of thiophene rings is 1. The molecule has 0 unspecified atom stereocenters. The molecule has 4 rings (SSSR count). The molecule has 4 aromatic rings. The van der Waals surface area contributed by atoms with Crippen LogP contribution in [0.5, 0.6) is 0 Å². The van der Waals surface area contributed by atoms with E-state index in [1.165, 1.54) is 36.4 Å². The summed E-state index contributed by atoms with van der Waals surface area (Å²) >= 11 is 0.954. The largest absolute Gasteiger partial charge is 0.481 e. The topological polar surface area (TPSA) is 87.2 Å². The maximum Gasteiger partial charge on any atom is 0.307 e. The van der Waals surface area contributed by atoms with Crippen molar-refractivity contribution in [1.82, 2.24) is 4.98 Å². The van der Waals surface area contributed by atoms with Gasteiger partial charge in [-0.25, -0.2) is 17.2 Å². The van der Waals surface area contributed by atoms with Crippen molar-refractivity contribution >= 4 is 38.0 Å². The number of hydrogen-bond donors (Lipinski definition) is 2. The van der Waals surface area contributed by atoms with Crippen LogP contribution < -0.4 is 0 Å². The van der Waals surface area contributed by atoms with Crippen molar-refractivity contribution in [2.75, 3.05) is 5.75 Å². The van der Waals surface area contributed by atoms with Crippen molar-refractivity contribution in [1.29, 1.82) is 0 Å². The van der Waals surface area contributed by atoms with Gasteiger partial charge in [0.2, 0.25) is 0 Å². The number of sulfone groups is 1. The van der Waals surface area contributed by atoms with E-state index in [0.29, 0.717) is 32.5 Å². The normalized spacial score (nSPS) is 12.3. The molecule has 0 aliphatic rings.